The van der Waals surface area contributed by atoms with Gasteiger partial charge in [-0.05, 0) is 73.8 Å². The number of benzene rings is 5. The van der Waals surface area contributed by atoms with E-state index in [2.05, 4.69) is 96.0 Å². The van der Waals surface area contributed by atoms with Crippen molar-refractivity contribution in [2.45, 2.75) is 0 Å². The molecule has 0 aliphatic carbocycles. The number of pyridine rings is 1. The molecule has 0 aliphatic rings. The van der Waals surface area contributed by atoms with Crippen LogP contribution in [0.25, 0.3) is 65.5 Å². The van der Waals surface area contributed by atoms with E-state index in [9.17, 15) is 0 Å². The molecule has 0 saturated carbocycles. The van der Waals surface area contributed by atoms with Crippen molar-refractivity contribution in [3.8, 4) is 11.1 Å². The molecule has 144 valence electrons. The Bertz CT molecular complexity index is 1760. The van der Waals surface area contributed by atoms with Crippen LogP contribution >= 0.6 is 0 Å². The monoisotopic (exact) mass is 395 g/mol. The fourth-order valence-electron chi connectivity index (χ4n) is 4.88. The number of hydrogen-bond donors (Lipinski definition) is 0. The first-order chi connectivity index (χ1) is 15.4. The summed E-state index contributed by atoms with van der Waals surface area (Å²) in [6.45, 7) is 0. The largest absolute Gasteiger partial charge is 0.438 e. The number of aromatic nitrogens is 1. The third-order valence-electron chi connectivity index (χ3n) is 6.33. The van der Waals surface area contributed by atoms with Gasteiger partial charge < -0.3 is 4.42 Å². The lowest BCUT2D eigenvalue weighted by molar-refractivity contribution is 0.654. The van der Waals surface area contributed by atoms with Crippen LogP contribution in [0.1, 0.15) is 0 Å². The molecule has 0 aliphatic heterocycles. The van der Waals surface area contributed by atoms with E-state index in [4.69, 9.17) is 4.42 Å². The normalized spacial score (nSPS) is 11.9. The molecule has 0 N–H and O–H groups in total. The Kier molecular flexibility index (Phi) is 3.30. The summed E-state index contributed by atoms with van der Waals surface area (Å²) in [5.74, 6) is 0. The first kappa shape index (κ1) is 16.6. The van der Waals surface area contributed by atoms with Gasteiger partial charge in [-0.15, -0.1) is 0 Å². The summed E-state index contributed by atoms with van der Waals surface area (Å²) in [7, 11) is 0. The van der Waals surface area contributed by atoms with Crippen LogP contribution < -0.4 is 0 Å². The molecular formula is C29H17NO. The molecule has 7 aromatic rings. The predicted molar refractivity (Wildman–Crippen MR) is 129 cm³/mol. The lowest BCUT2D eigenvalue weighted by atomic mass is 9.92. The summed E-state index contributed by atoms with van der Waals surface area (Å²) in [6, 6.07) is 34.6. The first-order valence-corrected chi connectivity index (χ1v) is 10.5. The van der Waals surface area contributed by atoms with E-state index in [1.165, 1.54) is 43.4 Å². The summed E-state index contributed by atoms with van der Waals surface area (Å²) in [5.41, 5.74) is 3.94. The molecular weight excluding hydrogens is 378 g/mol. The van der Waals surface area contributed by atoms with E-state index in [1.54, 1.807) is 6.20 Å². The van der Waals surface area contributed by atoms with E-state index in [0.717, 1.165) is 16.4 Å². The predicted octanol–water partition coefficient (Wildman–Crippen LogP) is 8.11. The number of furan rings is 1. The molecule has 5 aromatic carbocycles. The summed E-state index contributed by atoms with van der Waals surface area (Å²) < 4.78 is 5.91. The van der Waals surface area contributed by atoms with Gasteiger partial charge in [0.15, 0.2) is 0 Å². The fraction of sp³-hybridized carbons (Fsp3) is 0. The van der Waals surface area contributed by atoms with Crippen molar-refractivity contribution in [1.29, 1.82) is 0 Å². The second-order valence-corrected chi connectivity index (χ2v) is 8.02. The lowest BCUT2D eigenvalue weighted by Gasteiger charge is -2.12. The maximum absolute atomic E-state index is 5.91. The van der Waals surface area contributed by atoms with Gasteiger partial charge in [0.1, 0.15) is 5.58 Å². The molecule has 0 bridgehead atoms. The Morgan fingerprint density at radius 3 is 1.71 bits per heavy atom. The zero-order valence-electron chi connectivity index (χ0n) is 16.7. The summed E-state index contributed by atoms with van der Waals surface area (Å²) in [6.07, 6.45) is 1.77. The number of fused-ring (bicyclic) bond motifs is 9. The molecule has 0 atom stereocenters. The van der Waals surface area contributed by atoms with E-state index in [0.29, 0.717) is 5.71 Å². The van der Waals surface area contributed by atoms with Crippen molar-refractivity contribution in [1.82, 2.24) is 4.98 Å². The summed E-state index contributed by atoms with van der Waals surface area (Å²) >= 11 is 0. The van der Waals surface area contributed by atoms with Crippen molar-refractivity contribution in [2.24, 2.45) is 0 Å². The Balaban J connectivity index is 1.54. The molecule has 2 heteroatoms. The third-order valence-corrected chi connectivity index (χ3v) is 6.33. The van der Waals surface area contributed by atoms with Crippen LogP contribution in [0.3, 0.4) is 0 Å². The summed E-state index contributed by atoms with van der Waals surface area (Å²) in [5, 5.41) is 9.91. The number of rotatable bonds is 1. The molecule has 7 rings (SSSR count). The Morgan fingerprint density at radius 1 is 0.452 bits per heavy atom. The van der Waals surface area contributed by atoms with Gasteiger partial charge in [0.05, 0.1) is 0 Å². The van der Waals surface area contributed by atoms with Gasteiger partial charge >= 0.3 is 0 Å². The van der Waals surface area contributed by atoms with Gasteiger partial charge in [0.25, 0.3) is 0 Å². The molecule has 0 radical (unpaired) electrons. The minimum absolute atomic E-state index is 0.686. The van der Waals surface area contributed by atoms with Crippen molar-refractivity contribution >= 4 is 54.4 Å². The van der Waals surface area contributed by atoms with Crippen molar-refractivity contribution in [2.75, 3.05) is 0 Å². The first-order valence-electron chi connectivity index (χ1n) is 10.5. The van der Waals surface area contributed by atoms with Crippen LogP contribution in [-0.2, 0) is 0 Å². The van der Waals surface area contributed by atoms with E-state index in [1.807, 2.05) is 6.07 Å². The van der Waals surface area contributed by atoms with Crippen LogP contribution in [0.15, 0.2) is 108 Å². The van der Waals surface area contributed by atoms with E-state index < -0.39 is 0 Å². The van der Waals surface area contributed by atoms with Crippen LogP contribution in [0.5, 0.6) is 0 Å². The average molecular weight is 395 g/mol. The molecule has 2 nitrogen and oxygen atoms in total. The van der Waals surface area contributed by atoms with Gasteiger partial charge in [-0.1, -0.05) is 66.7 Å². The highest BCUT2D eigenvalue weighted by atomic mass is 16.3. The SMILES string of the molecule is c1cnc2oc3ccc(-c4ccc5c6ccccc6c6ccccc6c5c4)cc3c2c1. The fourth-order valence-corrected chi connectivity index (χ4v) is 4.88. The zero-order chi connectivity index (χ0) is 20.4. The van der Waals surface area contributed by atoms with E-state index >= 15 is 0 Å². The van der Waals surface area contributed by atoms with Gasteiger partial charge in [0, 0.05) is 17.0 Å². The topological polar surface area (TPSA) is 26.0 Å². The minimum Gasteiger partial charge on any atom is -0.438 e. The van der Waals surface area contributed by atoms with Crippen molar-refractivity contribution in [3.63, 3.8) is 0 Å². The molecule has 2 aromatic heterocycles. The second kappa shape index (κ2) is 6.16. The van der Waals surface area contributed by atoms with E-state index in [-0.39, 0.29) is 0 Å². The Morgan fingerprint density at radius 2 is 1.00 bits per heavy atom. The highest BCUT2D eigenvalue weighted by Crippen LogP contribution is 2.38. The van der Waals surface area contributed by atoms with Gasteiger partial charge in [-0.3, -0.25) is 0 Å². The maximum atomic E-state index is 5.91. The molecule has 31 heavy (non-hydrogen) atoms. The van der Waals surface area contributed by atoms with Gasteiger partial charge in [-0.25, -0.2) is 4.98 Å². The van der Waals surface area contributed by atoms with Crippen LogP contribution in [0, 0.1) is 0 Å². The molecule has 0 fully saturated rings. The molecule has 0 saturated heterocycles. The molecule has 2 heterocycles. The zero-order valence-corrected chi connectivity index (χ0v) is 16.7. The van der Waals surface area contributed by atoms with Crippen molar-refractivity contribution in [3.05, 3.63) is 103 Å². The lowest BCUT2D eigenvalue weighted by Crippen LogP contribution is -1.85. The summed E-state index contributed by atoms with van der Waals surface area (Å²) in [4.78, 5) is 4.36. The van der Waals surface area contributed by atoms with Crippen molar-refractivity contribution < 1.29 is 4.42 Å². The Labute approximate surface area is 178 Å². The number of hydrogen-bond acceptors (Lipinski definition) is 2. The minimum atomic E-state index is 0.686. The smallest absolute Gasteiger partial charge is 0.227 e. The quantitative estimate of drug-likeness (QED) is 0.262. The molecule has 0 spiro atoms. The molecule has 0 amide bonds. The van der Waals surface area contributed by atoms with Crippen LogP contribution in [0.2, 0.25) is 0 Å². The van der Waals surface area contributed by atoms with Crippen LogP contribution in [-0.4, -0.2) is 4.98 Å². The Hall–Kier alpha value is -4.17. The molecule has 0 unspecified atom stereocenters. The maximum Gasteiger partial charge on any atom is 0.227 e. The highest BCUT2D eigenvalue weighted by Gasteiger charge is 2.12. The van der Waals surface area contributed by atoms with Gasteiger partial charge in [0.2, 0.25) is 5.71 Å². The second-order valence-electron chi connectivity index (χ2n) is 8.02. The third kappa shape index (κ3) is 2.36. The van der Waals surface area contributed by atoms with Crippen LogP contribution in [0.4, 0.5) is 0 Å². The average Bonchev–Trinajstić information content (AvgIpc) is 3.22. The number of nitrogens with zero attached hydrogens (tertiary/aromatic N) is 1. The highest BCUT2D eigenvalue weighted by molar-refractivity contribution is 6.25. The van der Waals surface area contributed by atoms with Gasteiger partial charge in [-0.2, -0.15) is 0 Å². The standard InChI is InChI=1S/C29H17NO/c1-2-8-22-20(6-1)21-7-3-4-9-23(21)26-16-18(11-13-24(22)26)19-12-14-28-27(17-19)25-10-5-15-30-29(25)31-28/h1-17H.